The van der Waals surface area contributed by atoms with E-state index in [0.29, 0.717) is 22.5 Å². The molecule has 0 spiro atoms. The SMILES string of the molecule is CC(C)[Si](C#Cc1ccccc1C(C(=O)Nc1cccc2cccnc12)C1CCCCC1)(C(C)C)C(C)C. The molecule has 1 heterocycles. The summed E-state index contributed by atoms with van der Waals surface area (Å²) in [4.78, 5) is 18.7. The van der Waals surface area contributed by atoms with E-state index in [1.165, 1.54) is 19.3 Å². The first-order valence-corrected chi connectivity index (χ1v) is 16.8. The van der Waals surface area contributed by atoms with Gasteiger partial charge in [-0.05, 0) is 59.1 Å². The number of aromatic nitrogens is 1. The smallest absolute Gasteiger partial charge is 0.232 e. The lowest BCUT2D eigenvalue weighted by molar-refractivity contribution is -0.119. The monoisotopic (exact) mass is 524 g/mol. The second-order valence-corrected chi connectivity index (χ2v) is 17.6. The predicted octanol–water partition coefficient (Wildman–Crippen LogP) is 9.11. The zero-order valence-corrected chi connectivity index (χ0v) is 25.1. The summed E-state index contributed by atoms with van der Waals surface area (Å²) in [6, 6.07) is 18.4. The molecule has 1 amide bonds. The average Bonchev–Trinajstić information content (AvgIpc) is 2.90. The van der Waals surface area contributed by atoms with Crippen LogP contribution < -0.4 is 5.32 Å². The number of carbonyl (C=O) groups excluding carboxylic acids is 1. The largest absolute Gasteiger partial charge is 0.324 e. The van der Waals surface area contributed by atoms with E-state index in [9.17, 15) is 4.79 Å². The van der Waals surface area contributed by atoms with Crippen LogP contribution in [0.3, 0.4) is 0 Å². The van der Waals surface area contributed by atoms with E-state index >= 15 is 0 Å². The van der Waals surface area contributed by atoms with Crippen LogP contribution in [0.25, 0.3) is 10.9 Å². The number of fused-ring (bicyclic) bond motifs is 1. The molecule has 200 valence electrons. The fourth-order valence-corrected chi connectivity index (χ4v) is 12.2. The summed E-state index contributed by atoms with van der Waals surface area (Å²) in [5.41, 5.74) is 9.33. The van der Waals surface area contributed by atoms with E-state index in [4.69, 9.17) is 0 Å². The molecule has 1 aliphatic rings. The first-order valence-electron chi connectivity index (χ1n) is 14.5. The van der Waals surface area contributed by atoms with Gasteiger partial charge in [0, 0.05) is 17.1 Å². The Bertz CT molecular complexity index is 1280. The van der Waals surface area contributed by atoms with Gasteiger partial charge >= 0.3 is 0 Å². The number of nitrogens with zero attached hydrogens (tertiary/aromatic N) is 1. The molecule has 1 fully saturated rings. The predicted molar refractivity (Wildman–Crippen MR) is 164 cm³/mol. The van der Waals surface area contributed by atoms with Gasteiger partial charge < -0.3 is 5.32 Å². The Morgan fingerprint density at radius 2 is 1.53 bits per heavy atom. The summed E-state index contributed by atoms with van der Waals surface area (Å²) in [6.07, 6.45) is 7.57. The maximum atomic E-state index is 14.2. The van der Waals surface area contributed by atoms with Gasteiger partial charge in [-0.2, -0.15) is 0 Å². The second kappa shape index (κ2) is 12.3. The Morgan fingerprint density at radius 3 is 2.21 bits per heavy atom. The van der Waals surface area contributed by atoms with Gasteiger partial charge in [-0.15, -0.1) is 5.54 Å². The van der Waals surface area contributed by atoms with Crippen molar-refractivity contribution in [3.05, 3.63) is 71.9 Å². The molecule has 38 heavy (non-hydrogen) atoms. The van der Waals surface area contributed by atoms with E-state index in [0.717, 1.165) is 40.6 Å². The van der Waals surface area contributed by atoms with Crippen LogP contribution in [0.15, 0.2) is 60.8 Å². The fraction of sp³-hybridized carbons (Fsp3) is 0.471. The summed E-state index contributed by atoms with van der Waals surface area (Å²) in [5, 5.41) is 4.32. The summed E-state index contributed by atoms with van der Waals surface area (Å²) in [6.45, 7) is 14.1. The fourth-order valence-electron chi connectivity index (χ4n) is 6.98. The zero-order valence-electron chi connectivity index (χ0n) is 24.1. The Morgan fingerprint density at radius 1 is 0.868 bits per heavy atom. The van der Waals surface area contributed by atoms with E-state index in [-0.39, 0.29) is 11.8 Å². The topological polar surface area (TPSA) is 42.0 Å². The van der Waals surface area contributed by atoms with E-state index in [1.54, 1.807) is 6.20 Å². The summed E-state index contributed by atoms with van der Waals surface area (Å²) >= 11 is 0. The van der Waals surface area contributed by atoms with Crippen LogP contribution in [0.5, 0.6) is 0 Å². The van der Waals surface area contributed by atoms with Gasteiger partial charge in [0.25, 0.3) is 0 Å². The number of pyridine rings is 1. The van der Waals surface area contributed by atoms with Crippen molar-refractivity contribution in [2.75, 3.05) is 5.32 Å². The van der Waals surface area contributed by atoms with Gasteiger partial charge in [0.15, 0.2) is 0 Å². The minimum Gasteiger partial charge on any atom is -0.324 e. The van der Waals surface area contributed by atoms with Gasteiger partial charge in [0.05, 0.1) is 17.1 Å². The van der Waals surface area contributed by atoms with Gasteiger partial charge in [-0.25, -0.2) is 0 Å². The van der Waals surface area contributed by atoms with Gasteiger partial charge in [-0.1, -0.05) is 103 Å². The molecule has 4 heteroatoms. The molecule has 1 unspecified atom stereocenters. The molecule has 0 aliphatic heterocycles. The quantitative estimate of drug-likeness (QED) is 0.247. The third-order valence-electron chi connectivity index (χ3n) is 8.87. The third-order valence-corrected chi connectivity index (χ3v) is 15.2. The molecule has 3 aromatic rings. The van der Waals surface area contributed by atoms with Crippen LogP contribution in [0, 0.1) is 17.4 Å². The molecule has 1 N–H and O–H groups in total. The highest BCUT2D eigenvalue weighted by Gasteiger charge is 2.42. The molecule has 0 bridgehead atoms. The molecule has 0 saturated heterocycles. The minimum atomic E-state index is -1.90. The van der Waals surface area contributed by atoms with Crippen LogP contribution in [0.1, 0.15) is 90.7 Å². The van der Waals surface area contributed by atoms with E-state index in [2.05, 4.69) is 87.6 Å². The number of anilines is 1. The highest BCUT2D eigenvalue weighted by molar-refractivity contribution is 6.90. The summed E-state index contributed by atoms with van der Waals surface area (Å²) in [7, 11) is -1.90. The molecule has 1 aromatic heterocycles. The van der Waals surface area contributed by atoms with Gasteiger partial charge in [0.1, 0.15) is 8.07 Å². The van der Waals surface area contributed by atoms with Crippen molar-refractivity contribution in [2.24, 2.45) is 5.92 Å². The van der Waals surface area contributed by atoms with Crippen LogP contribution in [-0.2, 0) is 4.79 Å². The number of carbonyl (C=O) groups is 1. The van der Waals surface area contributed by atoms with Crippen molar-refractivity contribution in [1.82, 2.24) is 4.98 Å². The first kappa shape index (κ1) is 28.1. The lowest BCUT2D eigenvalue weighted by Gasteiger charge is -2.38. The van der Waals surface area contributed by atoms with Crippen molar-refractivity contribution in [1.29, 1.82) is 0 Å². The maximum absolute atomic E-state index is 14.2. The van der Waals surface area contributed by atoms with Crippen molar-refractivity contribution in [3.63, 3.8) is 0 Å². The van der Waals surface area contributed by atoms with E-state index < -0.39 is 8.07 Å². The van der Waals surface area contributed by atoms with Crippen LogP contribution in [0.4, 0.5) is 5.69 Å². The second-order valence-electron chi connectivity index (χ2n) is 12.0. The number of amides is 1. The van der Waals surface area contributed by atoms with Gasteiger partial charge in [0.2, 0.25) is 5.91 Å². The normalized spacial score (nSPS) is 15.5. The maximum Gasteiger partial charge on any atom is 0.232 e. The minimum absolute atomic E-state index is 0.0596. The molecule has 1 atom stereocenters. The standard InChI is InChI=1S/C34H44N2OSi/c1-24(2)38(25(3)4,26(5)6)23-21-27-14-10-11-19-30(27)32(28-15-8-7-9-16-28)34(37)36-31-20-12-17-29-18-13-22-35-33(29)31/h10-14,17-20,22,24-26,28,32H,7-9,15-16H2,1-6H3,(H,36,37). The number of nitrogens with one attached hydrogen (secondary N) is 1. The molecule has 0 radical (unpaired) electrons. The lowest BCUT2D eigenvalue weighted by Crippen LogP contribution is -2.43. The Hall–Kier alpha value is -2.90. The van der Waals surface area contributed by atoms with Crippen molar-refractivity contribution in [3.8, 4) is 11.5 Å². The molecule has 3 nitrogen and oxygen atoms in total. The molecular formula is C34H44N2OSi. The van der Waals surface area contributed by atoms with Crippen LogP contribution >= 0.6 is 0 Å². The van der Waals surface area contributed by atoms with Crippen LogP contribution in [-0.4, -0.2) is 19.0 Å². The summed E-state index contributed by atoms with van der Waals surface area (Å²) in [5.74, 6) is 3.83. The van der Waals surface area contributed by atoms with Crippen molar-refractivity contribution in [2.45, 2.75) is 96.2 Å². The average molecular weight is 525 g/mol. The highest BCUT2D eigenvalue weighted by atomic mass is 28.3. The molecule has 4 rings (SSSR count). The highest BCUT2D eigenvalue weighted by Crippen LogP contribution is 2.42. The first-order chi connectivity index (χ1) is 18.3. The summed E-state index contributed by atoms with van der Waals surface area (Å²) < 4.78 is 0. The number of hydrogen-bond donors (Lipinski definition) is 1. The third kappa shape index (κ3) is 5.74. The number of para-hydroxylation sites is 1. The lowest BCUT2D eigenvalue weighted by atomic mass is 9.75. The van der Waals surface area contributed by atoms with Crippen LogP contribution in [0.2, 0.25) is 16.6 Å². The molecular weight excluding hydrogens is 480 g/mol. The Labute approximate surface area is 230 Å². The zero-order chi connectivity index (χ0) is 27.3. The van der Waals surface area contributed by atoms with Gasteiger partial charge in [-0.3, -0.25) is 9.78 Å². The Kier molecular flexibility index (Phi) is 9.10. The number of benzene rings is 2. The van der Waals surface area contributed by atoms with Crippen molar-refractivity contribution >= 4 is 30.6 Å². The number of rotatable bonds is 7. The molecule has 2 aromatic carbocycles. The Balaban J connectivity index is 1.78. The number of hydrogen-bond acceptors (Lipinski definition) is 2. The molecule has 1 aliphatic carbocycles. The van der Waals surface area contributed by atoms with E-state index in [1.807, 2.05) is 30.3 Å². The molecule has 1 saturated carbocycles. The van der Waals surface area contributed by atoms with Crippen molar-refractivity contribution < 1.29 is 4.79 Å².